The van der Waals surface area contributed by atoms with Gasteiger partial charge in [-0.25, -0.2) is 0 Å². The van der Waals surface area contributed by atoms with Crippen molar-refractivity contribution < 1.29 is 33.3 Å². The molecule has 2 heterocycles. The summed E-state index contributed by atoms with van der Waals surface area (Å²) in [6.07, 6.45) is 0.834. The van der Waals surface area contributed by atoms with Crippen molar-refractivity contribution in [2.24, 2.45) is 0 Å². The number of aliphatic hydroxyl groups is 1. The molecule has 9 nitrogen and oxygen atoms in total. The maximum Gasteiger partial charge on any atom is 0.290 e. The lowest BCUT2D eigenvalue weighted by Crippen LogP contribution is -2.36. The number of Topliss-reactive ketones (excluding diaryl/α,β-unsaturated/α-hetero) is 1. The number of hydrogen-bond donors (Lipinski definition) is 1. The molecule has 1 aromatic heterocycles. The molecule has 0 fully saturated rings. The van der Waals surface area contributed by atoms with Gasteiger partial charge in [0.2, 0.25) is 5.78 Å². The fourth-order valence-corrected chi connectivity index (χ4v) is 4.51. The number of ether oxygens (including phenoxy) is 3. The van der Waals surface area contributed by atoms with Crippen molar-refractivity contribution >= 4 is 22.7 Å². The number of carbonyl (C=O) groups excluding carboxylic acids is 2. The number of furan rings is 1. The van der Waals surface area contributed by atoms with E-state index in [4.69, 9.17) is 18.6 Å². The molecular formula is C29H34N2O7. The number of ketones is 1. The molecule has 38 heavy (non-hydrogen) atoms. The second-order valence-corrected chi connectivity index (χ2v) is 9.27. The molecule has 9 heteroatoms. The average molecular weight is 523 g/mol. The van der Waals surface area contributed by atoms with Gasteiger partial charge in [0.1, 0.15) is 0 Å². The van der Waals surface area contributed by atoms with Crippen LogP contribution in [-0.2, 0) is 4.79 Å². The molecule has 4 rings (SSSR count). The summed E-state index contributed by atoms with van der Waals surface area (Å²) in [5, 5.41) is 11.7. The lowest BCUT2D eigenvalue weighted by atomic mass is 9.94. The Balaban J connectivity index is 1.81. The van der Waals surface area contributed by atoms with Crippen molar-refractivity contribution in [1.29, 1.82) is 0 Å². The van der Waals surface area contributed by atoms with Crippen LogP contribution in [0.25, 0.3) is 11.0 Å². The van der Waals surface area contributed by atoms with Crippen molar-refractivity contribution in [3.63, 3.8) is 0 Å². The second-order valence-electron chi connectivity index (χ2n) is 9.27. The van der Waals surface area contributed by atoms with Crippen LogP contribution < -0.4 is 14.2 Å². The van der Waals surface area contributed by atoms with Crippen LogP contribution >= 0.6 is 0 Å². The van der Waals surface area contributed by atoms with E-state index in [1.165, 1.54) is 12.0 Å². The number of carbonyl (C=O) groups is 2. The topological polar surface area (TPSA) is 102 Å². The van der Waals surface area contributed by atoms with E-state index in [0.717, 1.165) is 6.42 Å². The van der Waals surface area contributed by atoms with Crippen LogP contribution in [0.5, 0.6) is 17.2 Å². The molecule has 1 aliphatic rings. The van der Waals surface area contributed by atoms with Gasteiger partial charge in [-0.1, -0.05) is 25.1 Å². The van der Waals surface area contributed by atoms with Crippen molar-refractivity contribution in [1.82, 2.24) is 9.80 Å². The van der Waals surface area contributed by atoms with Crippen LogP contribution in [0, 0.1) is 0 Å². The van der Waals surface area contributed by atoms with Gasteiger partial charge in [-0.05, 0) is 57.3 Å². The van der Waals surface area contributed by atoms with E-state index in [1.54, 1.807) is 42.5 Å². The van der Waals surface area contributed by atoms with Gasteiger partial charge in [0.05, 0.1) is 31.9 Å². The van der Waals surface area contributed by atoms with Gasteiger partial charge in [0.25, 0.3) is 5.91 Å². The number of rotatable bonds is 12. The van der Waals surface area contributed by atoms with Crippen LogP contribution in [0.3, 0.4) is 0 Å². The highest BCUT2D eigenvalue weighted by Crippen LogP contribution is 2.42. The van der Waals surface area contributed by atoms with Crippen LogP contribution in [0.4, 0.5) is 0 Å². The number of likely N-dealkylation sites (N-methyl/N-ethyl adjacent to an activating group) is 1. The van der Waals surface area contributed by atoms with E-state index < -0.39 is 23.5 Å². The first-order valence-corrected chi connectivity index (χ1v) is 12.7. The maximum atomic E-state index is 13.9. The fraction of sp³-hybridized carbons (Fsp3) is 0.379. The Morgan fingerprint density at radius 1 is 1.08 bits per heavy atom. The minimum Gasteiger partial charge on any atom is -0.503 e. The normalized spacial score (nSPS) is 15.6. The van der Waals surface area contributed by atoms with Gasteiger partial charge in [-0.2, -0.15) is 0 Å². The van der Waals surface area contributed by atoms with E-state index in [0.29, 0.717) is 60.1 Å². The molecule has 1 amide bonds. The Morgan fingerprint density at radius 3 is 2.55 bits per heavy atom. The molecule has 202 valence electrons. The first kappa shape index (κ1) is 27.1. The third-order valence-corrected chi connectivity index (χ3v) is 6.33. The molecule has 1 unspecified atom stereocenters. The van der Waals surface area contributed by atoms with Crippen molar-refractivity contribution in [2.75, 3.05) is 47.5 Å². The SMILES string of the molecule is CCCOc1ccc(C2C(C(=O)c3cc4cccc(OC)c4o3)=C(O)C(=O)N2CCN(C)C)cc1OCC. The van der Waals surface area contributed by atoms with Crippen LogP contribution in [0.1, 0.15) is 42.4 Å². The van der Waals surface area contributed by atoms with E-state index >= 15 is 0 Å². The fourth-order valence-electron chi connectivity index (χ4n) is 4.51. The smallest absolute Gasteiger partial charge is 0.290 e. The number of methoxy groups -OCH3 is 1. The number of hydrogen-bond acceptors (Lipinski definition) is 8. The van der Waals surface area contributed by atoms with Crippen molar-refractivity contribution in [3.8, 4) is 17.2 Å². The first-order chi connectivity index (χ1) is 18.3. The molecule has 2 aromatic carbocycles. The Morgan fingerprint density at radius 2 is 1.87 bits per heavy atom. The monoisotopic (exact) mass is 522 g/mol. The minimum absolute atomic E-state index is 0.00578. The van der Waals surface area contributed by atoms with E-state index in [1.807, 2.05) is 32.8 Å². The number of amides is 1. The second kappa shape index (κ2) is 11.6. The van der Waals surface area contributed by atoms with Gasteiger partial charge >= 0.3 is 0 Å². The standard InChI is InChI=1S/C29H34N2O7/c1-6-15-37-20-12-11-18(16-22(20)36-7-2)25-24(27(33)29(34)31(25)14-13-30(3)4)26(32)23-17-19-9-8-10-21(35-5)28(19)38-23/h8-12,16-17,25,33H,6-7,13-15H2,1-5H3. The first-order valence-electron chi connectivity index (χ1n) is 12.7. The Labute approximate surface area is 222 Å². The largest absolute Gasteiger partial charge is 0.503 e. The van der Waals surface area contributed by atoms with E-state index in [2.05, 4.69) is 0 Å². The Hall–Kier alpha value is -3.98. The number of para-hydroxylation sites is 1. The summed E-state index contributed by atoms with van der Waals surface area (Å²) in [4.78, 5) is 30.6. The number of nitrogens with zero attached hydrogens (tertiary/aromatic N) is 2. The molecule has 1 N–H and O–H groups in total. The molecule has 0 spiro atoms. The minimum atomic E-state index is -0.843. The Kier molecular flexibility index (Phi) is 8.26. The maximum absolute atomic E-state index is 13.9. The number of benzene rings is 2. The molecule has 1 aliphatic heterocycles. The highest BCUT2D eigenvalue weighted by Gasteiger charge is 2.44. The third kappa shape index (κ3) is 5.19. The highest BCUT2D eigenvalue weighted by atomic mass is 16.5. The summed E-state index contributed by atoms with van der Waals surface area (Å²) in [5.41, 5.74) is 0.988. The van der Waals surface area contributed by atoms with Crippen LogP contribution in [0.2, 0.25) is 0 Å². The number of fused-ring (bicyclic) bond motifs is 1. The molecule has 1 atom stereocenters. The summed E-state index contributed by atoms with van der Waals surface area (Å²) in [7, 11) is 5.30. The van der Waals surface area contributed by atoms with E-state index in [-0.39, 0.29) is 11.3 Å². The zero-order valence-electron chi connectivity index (χ0n) is 22.4. The zero-order valence-corrected chi connectivity index (χ0v) is 22.4. The molecule has 0 radical (unpaired) electrons. The molecule has 0 saturated carbocycles. The molecule has 0 saturated heterocycles. The predicted octanol–water partition coefficient (Wildman–Crippen LogP) is 4.77. The summed E-state index contributed by atoms with van der Waals surface area (Å²) in [6, 6.07) is 11.4. The van der Waals surface area contributed by atoms with Gasteiger partial charge in [0, 0.05) is 18.5 Å². The molecule has 0 bridgehead atoms. The Bertz CT molecular complexity index is 1360. The number of aliphatic hydroxyl groups excluding tert-OH is 1. The predicted molar refractivity (Wildman–Crippen MR) is 143 cm³/mol. The lowest BCUT2D eigenvalue weighted by molar-refractivity contribution is -0.129. The van der Waals surface area contributed by atoms with Gasteiger partial charge < -0.3 is 33.5 Å². The summed E-state index contributed by atoms with van der Waals surface area (Å²) < 4.78 is 22.9. The van der Waals surface area contributed by atoms with Crippen LogP contribution in [-0.4, -0.2) is 74.1 Å². The molecule has 3 aromatic rings. The van der Waals surface area contributed by atoms with Crippen LogP contribution in [0.15, 0.2) is 58.2 Å². The van der Waals surface area contributed by atoms with Gasteiger partial charge in [0.15, 0.2) is 34.4 Å². The molecular weight excluding hydrogens is 488 g/mol. The summed E-state index contributed by atoms with van der Waals surface area (Å²) >= 11 is 0. The average Bonchev–Trinajstić information content (AvgIpc) is 3.45. The third-order valence-electron chi connectivity index (χ3n) is 6.33. The van der Waals surface area contributed by atoms with Gasteiger partial charge in [-0.3, -0.25) is 9.59 Å². The summed E-state index contributed by atoms with van der Waals surface area (Å²) in [5.74, 6) is -0.205. The van der Waals surface area contributed by atoms with Gasteiger partial charge in [-0.15, -0.1) is 0 Å². The van der Waals surface area contributed by atoms with E-state index in [9.17, 15) is 14.7 Å². The molecule has 0 aliphatic carbocycles. The van der Waals surface area contributed by atoms with Crippen molar-refractivity contribution in [3.05, 3.63) is 65.1 Å². The lowest BCUT2D eigenvalue weighted by Gasteiger charge is -2.28. The quantitative estimate of drug-likeness (QED) is 0.340. The highest BCUT2D eigenvalue weighted by molar-refractivity contribution is 6.16. The zero-order chi connectivity index (χ0) is 27.4. The van der Waals surface area contributed by atoms with Crippen molar-refractivity contribution in [2.45, 2.75) is 26.3 Å². The summed E-state index contributed by atoms with van der Waals surface area (Å²) in [6.45, 7) is 5.65.